The number of carbonyl (C=O) groups excluding carboxylic acids is 10. The van der Waals surface area contributed by atoms with E-state index in [1.54, 1.807) is 30.3 Å². The van der Waals surface area contributed by atoms with Gasteiger partial charge in [-0.1, -0.05) is 30.3 Å². The number of aliphatic carboxylic acids is 2. The summed E-state index contributed by atoms with van der Waals surface area (Å²) in [6.07, 6.45) is -2.34. The van der Waals surface area contributed by atoms with Crippen LogP contribution < -0.4 is 76.5 Å². The minimum absolute atomic E-state index is 0.0287. The lowest BCUT2D eigenvalue weighted by Crippen LogP contribution is -2.62. The topological polar surface area (TPSA) is 572 Å². The SMILES string of the molecule is C[C@H](NC(=O)[C@H](Cc1ccccc1)NC(=O)[C@H](CO)NC(=O)[C@H](CO)NC(=O)[C@@H](NC(=O)[C@H](CCCN=C(N)N)NC(=O)[C@@H]1CCCN1C(=O)[C@H](CCCN=C(N)N)NC(=O)CN)[C@@H](C)O)C(=O)N[C@@H](CCC(=O)O)C(=O)NCC(=O)O. The molecule has 1 saturated heterocycles. The van der Waals surface area contributed by atoms with Gasteiger partial charge in [0.1, 0.15) is 60.9 Å². The summed E-state index contributed by atoms with van der Waals surface area (Å²) in [5.41, 5.74) is 27.6. The molecule has 2 rings (SSSR count). The number of aliphatic imine (C=N–C) groups is 2. The van der Waals surface area contributed by atoms with Crippen LogP contribution in [0.4, 0.5) is 0 Å². The Morgan fingerprint density at radius 1 is 0.610 bits per heavy atom. The molecular formula is C48H77N17O17. The van der Waals surface area contributed by atoms with Crippen molar-refractivity contribution in [2.45, 2.75) is 132 Å². The van der Waals surface area contributed by atoms with E-state index in [-0.39, 0.29) is 70.1 Å². The molecule has 1 heterocycles. The summed E-state index contributed by atoms with van der Waals surface area (Å²) in [5, 5.41) is 70.0. The van der Waals surface area contributed by atoms with E-state index in [0.717, 1.165) is 6.92 Å². The highest BCUT2D eigenvalue weighted by Crippen LogP contribution is 2.21. The second-order valence-corrected chi connectivity index (χ2v) is 18.8. The standard InChI is InChI=1S/C48H77N17O17/c1-24(38(74)59-28(14-15-35(70)71)39(75)56-21-36(72)73)57-41(77)30(19-26-9-4-3-5-10-26)61-42(78)31(22-66)62-43(79)32(23-67)63-45(81)37(25(2)68)64-40(76)27(11-6-16-54-47(50)51)60-44(80)33-13-8-18-65(33)46(82)29(58-34(69)20-49)12-7-17-55-48(52)53/h3-5,9-10,24-25,27-33,37,66-68H,6-8,11-23,49H2,1-2H3,(H,56,75)(H,57,77)(H,58,69)(H,59,74)(H,60,80)(H,61,78)(H,62,79)(H,63,81)(H,64,76)(H,70,71)(H,72,73)(H4,50,51,54)(H4,52,53,55)/t24-,25+,27-,28-,29-,30-,31-,32-,33-,37-/m0/s1. The van der Waals surface area contributed by atoms with E-state index in [1.165, 1.54) is 11.8 Å². The summed E-state index contributed by atoms with van der Waals surface area (Å²) in [7, 11) is 0. The summed E-state index contributed by atoms with van der Waals surface area (Å²) in [6.45, 7) is -1.13. The van der Waals surface area contributed by atoms with Crippen LogP contribution in [0.2, 0.25) is 0 Å². The molecule has 10 atom stereocenters. The highest BCUT2D eigenvalue weighted by molar-refractivity contribution is 5.99. The van der Waals surface area contributed by atoms with Gasteiger partial charge in [0, 0.05) is 32.5 Å². The molecule has 34 heteroatoms. The maximum Gasteiger partial charge on any atom is 0.322 e. The minimum Gasteiger partial charge on any atom is -0.481 e. The van der Waals surface area contributed by atoms with Crippen LogP contribution in [0.5, 0.6) is 0 Å². The lowest BCUT2D eigenvalue weighted by molar-refractivity contribution is -0.142. The van der Waals surface area contributed by atoms with Crippen LogP contribution in [0.15, 0.2) is 40.3 Å². The van der Waals surface area contributed by atoms with Crippen molar-refractivity contribution in [1.82, 2.24) is 52.8 Å². The maximum absolute atomic E-state index is 14.0. The number of nitrogens with zero attached hydrogens (tertiary/aromatic N) is 3. The first-order valence-electron chi connectivity index (χ1n) is 25.9. The first-order valence-corrected chi connectivity index (χ1v) is 25.9. The Morgan fingerprint density at radius 2 is 1.12 bits per heavy atom. The number of hydrogen-bond acceptors (Lipinski definition) is 18. The summed E-state index contributed by atoms with van der Waals surface area (Å²) in [6, 6.07) is -6.01. The number of carboxylic acids is 2. The minimum atomic E-state index is -1.94. The van der Waals surface area contributed by atoms with Gasteiger partial charge in [0.05, 0.1) is 25.9 Å². The van der Waals surface area contributed by atoms with Gasteiger partial charge in [0.15, 0.2) is 11.9 Å². The summed E-state index contributed by atoms with van der Waals surface area (Å²) < 4.78 is 0. The Bertz CT molecular complexity index is 2440. The molecule has 0 saturated carbocycles. The van der Waals surface area contributed by atoms with E-state index in [9.17, 15) is 72.9 Å². The van der Waals surface area contributed by atoms with Crippen molar-refractivity contribution in [3.63, 3.8) is 0 Å². The number of hydrogen-bond donors (Lipinski definition) is 19. The van der Waals surface area contributed by atoms with E-state index in [4.69, 9.17) is 38.9 Å². The molecule has 1 aliphatic heterocycles. The molecule has 456 valence electrons. The fraction of sp³-hybridized carbons (Fsp3) is 0.583. The van der Waals surface area contributed by atoms with Crippen molar-refractivity contribution >= 4 is 82.9 Å². The molecule has 24 N–H and O–H groups in total. The predicted molar refractivity (Wildman–Crippen MR) is 288 cm³/mol. The first kappa shape index (κ1) is 69.3. The van der Waals surface area contributed by atoms with Crippen LogP contribution in [-0.2, 0) is 64.0 Å². The van der Waals surface area contributed by atoms with Crippen LogP contribution in [0.1, 0.15) is 70.8 Å². The number of carbonyl (C=O) groups is 12. The number of guanidine groups is 2. The number of likely N-dealkylation sites (tertiary alicyclic amines) is 1. The van der Waals surface area contributed by atoms with Crippen LogP contribution in [0.3, 0.4) is 0 Å². The van der Waals surface area contributed by atoms with Gasteiger partial charge in [-0.2, -0.15) is 0 Å². The summed E-state index contributed by atoms with van der Waals surface area (Å²) in [5.74, 6) is -13.2. The zero-order valence-electron chi connectivity index (χ0n) is 45.3. The molecule has 10 amide bonds. The molecular weight excluding hydrogens is 1090 g/mol. The zero-order chi connectivity index (χ0) is 61.6. The van der Waals surface area contributed by atoms with E-state index in [1.807, 2.05) is 5.32 Å². The Hall–Kier alpha value is -8.76. The fourth-order valence-electron chi connectivity index (χ4n) is 7.97. The van der Waals surface area contributed by atoms with Crippen molar-refractivity contribution in [3.8, 4) is 0 Å². The summed E-state index contributed by atoms with van der Waals surface area (Å²) in [4.78, 5) is 166. The van der Waals surface area contributed by atoms with Crippen molar-refractivity contribution in [3.05, 3.63) is 35.9 Å². The second-order valence-electron chi connectivity index (χ2n) is 18.8. The number of nitrogens with two attached hydrogens (primary N) is 5. The number of aliphatic hydroxyl groups is 3. The molecule has 0 unspecified atom stereocenters. The van der Waals surface area contributed by atoms with E-state index < -0.39 is 171 Å². The first-order chi connectivity index (χ1) is 38.7. The van der Waals surface area contributed by atoms with Gasteiger partial charge in [-0.25, -0.2) is 0 Å². The number of benzene rings is 1. The number of carboxylic acid groups (broad SMARTS) is 2. The van der Waals surface area contributed by atoms with E-state index in [0.29, 0.717) is 12.0 Å². The maximum atomic E-state index is 14.0. The van der Waals surface area contributed by atoms with Gasteiger partial charge < -0.3 is 107 Å². The average molecular weight is 1160 g/mol. The zero-order valence-corrected chi connectivity index (χ0v) is 45.3. The molecule has 1 fully saturated rings. The quantitative estimate of drug-likeness (QED) is 0.0169. The second kappa shape index (κ2) is 35.8. The monoisotopic (exact) mass is 1160 g/mol. The summed E-state index contributed by atoms with van der Waals surface area (Å²) >= 11 is 0. The Morgan fingerprint density at radius 3 is 1.65 bits per heavy atom. The molecule has 1 aliphatic rings. The van der Waals surface area contributed by atoms with Crippen LogP contribution in [-0.4, -0.2) is 220 Å². The van der Waals surface area contributed by atoms with Gasteiger partial charge >= 0.3 is 11.9 Å². The Balaban J connectivity index is 2.29. The van der Waals surface area contributed by atoms with Crippen LogP contribution in [0.25, 0.3) is 0 Å². The predicted octanol–water partition coefficient (Wildman–Crippen LogP) is -9.38. The number of aliphatic hydroxyl groups excluding tert-OH is 3. The van der Waals surface area contributed by atoms with Crippen molar-refractivity contribution in [2.24, 2.45) is 38.7 Å². The van der Waals surface area contributed by atoms with Gasteiger partial charge in [0.2, 0.25) is 59.1 Å². The molecule has 82 heavy (non-hydrogen) atoms. The van der Waals surface area contributed by atoms with E-state index in [2.05, 4.69) is 52.5 Å². The molecule has 0 aliphatic carbocycles. The Labute approximate surface area is 470 Å². The smallest absolute Gasteiger partial charge is 0.322 e. The van der Waals surface area contributed by atoms with Crippen LogP contribution >= 0.6 is 0 Å². The highest BCUT2D eigenvalue weighted by atomic mass is 16.4. The van der Waals surface area contributed by atoms with Crippen molar-refractivity contribution in [2.75, 3.05) is 45.9 Å². The van der Waals surface area contributed by atoms with Crippen molar-refractivity contribution in [1.29, 1.82) is 0 Å². The van der Waals surface area contributed by atoms with Gasteiger partial charge in [-0.3, -0.25) is 67.5 Å². The number of nitrogens with one attached hydrogen (secondary N) is 9. The molecule has 34 nitrogen and oxygen atoms in total. The lowest BCUT2D eigenvalue weighted by Gasteiger charge is -2.30. The van der Waals surface area contributed by atoms with Gasteiger partial charge in [0.25, 0.3) is 0 Å². The molecule has 0 radical (unpaired) electrons. The third-order valence-electron chi connectivity index (χ3n) is 12.2. The molecule has 1 aromatic rings. The normalized spacial score (nSPS) is 16.0. The van der Waals surface area contributed by atoms with E-state index >= 15 is 0 Å². The Kier molecular flexibility index (Phi) is 30.3. The average Bonchev–Trinajstić information content (AvgIpc) is 3.94. The van der Waals surface area contributed by atoms with Gasteiger partial charge in [-0.15, -0.1) is 0 Å². The molecule has 0 bridgehead atoms. The fourth-order valence-corrected chi connectivity index (χ4v) is 7.97. The molecule has 0 spiro atoms. The largest absolute Gasteiger partial charge is 0.481 e. The number of amides is 10. The van der Waals surface area contributed by atoms with Crippen LogP contribution in [0, 0.1) is 0 Å². The third-order valence-corrected chi connectivity index (χ3v) is 12.2. The lowest BCUT2D eigenvalue weighted by atomic mass is 10.0. The highest BCUT2D eigenvalue weighted by Gasteiger charge is 2.40. The number of rotatable bonds is 36. The molecule has 0 aromatic heterocycles. The third kappa shape index (κ3) is 24.7. The molecule has 1 aromatic carbocycles. The van der Waals surface area contributed by atoms with Gasteiger partial charge in [-0.05, 0) is 64.4 Å². The van der Waals surface area contributed by atoms with Crippen molar-refractivity contribution < 1.29 is 83.1 Å².